The summed E-state index contributed by atoms with van der Waals surface area (Å²) < 4.78 is 24.0. The molecule has 0 radical (unpaired) electrons. The predicted octanol–water partition coefficient (Wildman–Crippen LogP) is 5.24. The van der Waals surface area contributed by atoms with Crippen LogP contribution >= 0.6 is 11.6 Å². The van der Waals surface area contributed by atoms with Gasteiger partial charge in [0.1, 0.15) is 17.3 Å². The van der Waals surface area contributed by atoms with Gasteiger partial charge in [0.05, 0.1) is 12.0 Å². The molecule has 0 aliphatic carbocycles. The van der Waals surface area contributed by atoms with Crippen LogP contribution in [0.25, 0.3) is 6.08 Å². The third kappa shape index (κ3) is 4.36. The van der Waals surface area contributed by atoms with E-state index in [0.29, 0.717) is 21.9 Å². The van der Waals surface area contributed by atoms with Crippen LogP contribution in [0.4, 0.5) is 4.39 Å². The number of carbonyl (C=O) groups excluding carboxylic acids is 2. The van der Waals surface area contributed by atoms with Gasteiger partial charge in [0.15, 0.2) is 5.76 Å². The molecule has 0 N–H and O–H groups in total. The van der Waals surface area contributed by atoms with Gasteiger partial charge >= 0.3 is 5.97 Å². The monoisotopic (exact) mass is 408 g/mol. The average molecular weight is 409 g/mol. The second-order valence-corrected chi connectivity index (χ2v) is 6.86. The average Bonchev–Trinajstić information content (AvgIpc) is 3.00. The second-order valence-electron chi connectivity index (χ2n) is 6.43. The Hall–Kier alpha value is -3.44. The molecule has 29 heavy (non-hydrogen) atoms. The molecule has 0 amide bonds. The van der Waals surface area contributed by atoms with Gasteiger partial charge in [-0.2, -0.15) is 0 Å². The maximum absolute atomic E-state index is 13.0. The van der Waals surface area contributed by atoms with E-state index in [0.717, 1.165) is 5.56 Å². The van der Waals surface area contributed by atoms with Crippen molar-refractivity contribution in [3.05, 3.63) is 100 Å². The second kappa shape index (κ2) is 7.89. The van der Waals surface area contributed by atoms with Crippen LogP contribution < -0.4 is 9.47 Å². The minimum atomic E-state index is -0.446. The Morgan fingerprint density at radius 1 is 1.03 bits per heavy atom. The molecule has 0 fully saturated rings. The summed E-state index contributed by atoms with van der Waals surface area (Å²) in [6, 6.07) is 17.2. The Morgan fingerprint density at radius 2 is 1.76 bits per heavy atom. The highest BCUT2D eigenvalue weighted by atomic mass is 35.5. The molecule has 0 saturated carbocycles. The van der Waals surface area contributed by atoms with Crippen molar-refractivity contribution >= 4 is 29.4 Å². The Morgan fingerprint density at radius 3 is 2.48 bits per heavy atom. The predicted molar refractivity (Wildman–Crippen MR) is 107 cm³/mol. The summed E-state index contributed by atoms with van der Waals surface area (Å²) in [5, 5.41) is 0.590. The van der Waals surface area contributed by atoms with Gasteiger partial charge in [0.25, 0.3) is 0 Å². The maximum Gasteiger partial charge on any atom is 0.315 e. The zero-order valence-electron chi connectivity index (χ0n) is 15.0. The van der Waals surface area contributed by atoms with Crippen molar-refractivity contribution in [1.29, 1.82) is 0 Å². The van der Waals surface area contributed by atoms with Crippen molar-refractivity contribution in [1.82, 2.24) is 0 Å². The van der Waals surface area contributed by atoms with Gasteiger partial charge in [-0.25, -0.2) is 4.39 Å². The quantitative estimate of drug-likeness (QED) is 0.336. The molecule has 0 aromatic heterocycles. The lowest BCUT2D eigenvalue weighted by atomic mass is 10.1. The number of esters is 1. The molecule has 6 heteroatoms. The number of halogens is 2. The lowest BCUT2D eigenvalue weighted by molar-refractivity contribution is -0.133. The Bertz CT molecular complexity index is 1120. The van der Waals surface area contributed by atoms with Gasteiger partial charge in [0, 0.05) is 11.1 Å². The molecule has 0 atom stereocenters. The van der Waals surface area contributed by atoms with E-state index in [-0.39, 0.29) is 29.5 Å². The Balaban J connectivity index is 1.47. The smallest absolute Gasteiger partial charge is 0.315 e. The number of ketones is 1. The third-order valence-corrected chi connectivity index (χ3v) is 4.55. The van der Waals surface area contributed by atoms with E-state index in [9.17, 15) is 14.0 Å². The zero-order valence-corrected chi connectivity index (χ0v) is 15.8. The Kier molecular flexibility index (Phi) is 5.14. The number of benzene rings is 3. The number of hydrogen-bond donors (Lipinski definition) is 0. The largest absolute Gasteiger partial charge is 0.452 e. The molecule has 1 heterocycles. The van der Waals surface area contributed by atoms with Crippen molar-refractivity contribution in [3.8, 4) is 11.5 Å². The number of hydrogen-bond acceptors (Lipinski definition) is 4. The topological polar surface area (TPSA) is 52.6 Å². The lowest BCUT2D eigenvalue weighted by Gasteiger charge is -2.06. The fraction of sp³-hybridized carbons (Fsp3) is 0.0435. The minimum Gasteiger partial charge on any atom is -0.452 e. The van der Waals surface area contributed by atoms with Gasteiger partial charge in [-0.3, -0.25) is 9.59 Å². The maximum atomic E-state index is 13.0. The van der Waals surface area contributed by atoms with E-state index in [1.54, 1.807) is 48.5 Å². The summed E-state index contributed by atoms with van der Waals surface area (Å²) in [7, 11) is 0. The molecule has 4 rings (SSSR count). The van der Waals surface area contributed by atoms with Crippen LogP contribution in [0.1, 0.15) is 21.5 Å². The van der Waals surface area contributed by atoms with Crippen LogP contribution in [0.15, 0.2) is 72.5 Å². The molecule has 0 spiro atoms. The number of allylic oxidation sites excluding steroid dienone is 1. The standard InChI is InChI=1S/C23H14ClFO4/c24-16-5-1-15(2-6-16)12-22(26)28-18-9-10-19-20(13-18)29-21(23(19)27)11-14-3-7-17(25)8-4-14/h1-11,13H,12H2/b21-11-. The first-order valence-corrected chi connectivity index (χ1v) is 9.15. The number of ether oxygens (including phenoxy) is 2. The number of rotatable bonds is 4. The van der Waals surface area contributed by atoms with E-state index in [2.05, 4.69) is 0 Å². The number of Topliss-reactive ketones (excluding diaryl/α,β-unsaturated/α-hetero) is 1. The summed E-state index contributed by atoms with van der Waals surface area (Å²) in [5.41, 5.74) is 1.78. The highest BCUT2D eigenvalue weighted by molar-refractivity contribution is 6.30. The molecule has 4 nitrogen and oxygen atoms in total. The van der Waals surface area contributed by atoms with E-state index in [1.165, 1.54) is 24.3 Å². The number of fused-ring (bicyclic) bond motifs is 1. The SMILES string of the molecule is O=C(Cc1ccc(Cl)cc1)Oc1ccc2c(c1)O/C(=C\c1ccc(F)cc1)C2=O. The van der Waals surface area contributed by atoms with Gasteiger partial charge < -0.3 is 9.47 Å². The third-order valence-electron chi connectivity index (χ3n) is 4.30. The van der Waals surface area contributed by atoms with Crippen molar-refractivity contribution in [2.75, 3.05) is 0 Å². The van der Waals surface area contributed by atoms with E-state index in [1.807, 2.05) is 0 Å². The van der Waals surface area contributed by atoms with Gasteiger partial charge in [0.2, 0.25) is 5.78 Å². The molecule has 0 bridgehead atoms. The fourth-order valence-electron chi connectivity index (χ4n) is 2.88. The Labute approximate surface area is 171 Å². The molecular formula is C23H14ClFO4. The number of carbonyl (C=O) groups is 2. The highest BCUT2D eigenvalue weighted by Gasteiger charge is 2.28. The molecule has 1 aliphatic rings. The van der Waals surface area contributed by atoms with E-state index >= 15 is 0 Å². The van der Waals surface area contributed by atoms with Crippen LogP contribution in [0.3, 0.4) is 0 Å². The van der Waals surface area contributed by atoms with Gasteiger partial charge in [-0.1, -0.05) is 35.9 Å². The van der Waals surface area contributed by atoms with Crippen molar-refractivity contribution in [2.24, 2.45) is 0 Å². The lowest BCUT2D eigenvalue weighted by Crippen LogP contribution is -2.11. The van der Waals surface area contributed by atoms with Crippen LogP contribution in [0, 0.1) is 5.82 Å². The summed E-state index contributed by atoms with van der Waals surface area (Å²) in [6.07, 6.45) is 1.62. The van der Waals surface area contributed by atoms with Crippen molar-refractivity contribution in [2.45, 2.75) is 6.42 Å². The summed E-state index contributed by atoms with van der Waals surface area (Å²) in [6.45, 7) is 0. The van der Waals surface area contributed by atoms with Gasteiger partial charge in [-0.05, 0) is 53.6 Å². The first-order chi connectivity index (χ1) is 14.0. The fourth-order valence-corrected chi connectivity index (χ4v) is 3.00. The van der Waals surface area contributed by atoms with Crippen LogP contribution in [0.5, 0.6) is 11.5 Å². The summed E-state index contributed by atoms with van der Waals surface area (Å²) in [5.74, 6) is -0.392. The zero-order chi connectivity index (χ0) is 20.4. The first-order valence-electron chi connectivity index (χ1n) is 8.77. The normalized spacial score (nSPS) is 13.9. The van der Waals surface area contributed by atoms with E-state index in [4.69, 9.17) is 21.1 Å². The molecule has 0 unspecified atom stereocenters. The molecule has 1 aliphatic heterocycles. The molecule has 3 aromatic rings. The van der Waals surface area contributed by atoms with Gasteiger partial charge in [-0.15, -0.1) is 0 Å². The molecule has 3 aromatic carbocycles. The van der Waals surface area contributed by atoms with Crippen molar-refractivity contribution < 1.29 is 23.5 Å². The molecular weight excluding hydrogens is 395 g/mol. The van der Waals surface area contributed by atoms with Crippen molar-refractivity contribution in [3.63, 3.8) is 0 Å². The first kappa shape index (κ1) is 18.9. The molecule has 144 valence electrons. The molecule has 0 saturated heterocycles. The van der Waals surface area contributed by atoms with E-state index < -0.39 is 5.97 Å². The summed E-state index contributed by atoms with van der Waals surface area (Å²) >= 11 is 5.83. The summed E-state index contributed by atoms with van der Waals surface area (Å²) in [4.78, 5) is 24.6. The van der Waals surface area contributed by atoms with Crippen LogP contribution in [-0.4, -0.2) is 11.8 Å². The highest BCUT2D eigenvalue weighted by Crippen LogP contribution is 2.35. The minimum absolute atomic E-state index is 0.0871. The van der Waals surface area contributed by atoms with Crippen LogP contribution in [0.2, 0.25) is 5.02 Å². The van der Waals surface area contributed by atoms with Crippen LogP contribution in [-0.2, 0) is 11.2 Å².